The number of likely N-dealkylation sites (tertiary alicyclic amines) is 2. The molecule has 0 bridgehead atoms. The molecule has 1 atom stereocenters. The Labute approximate surface area is 168 Å². The Morgan fingerprint density at radius 3 is 2.11 bits per heavy atom. The molecule has 0 aromatic heterocycles. The monoisotopic (exact) mass is 386 g/mol. The molecule has 2 fully saturated rings. The first-order valence-electron chi connectivity index (χ1n) is 10.6. The summed E-state index contributed by atoms with van der Waals surface area (Å²) in [7, 11) is 0. The third kappa shape index (κ3) is 5.04. The Bertz CT molecular complexity index is 660. The van der Waals surface area contributed by atoms with Crippen LogP contribution >= 0.6 is 0 Å². The van der Waals surface area contributed by atoms with E-state index in [-0.39, 0.29) is 23.9 Å². The summed E-state index contributed by atoms with van der Waals surface area (Å²) in [6.45, 7) is 7.84. The van der Waals surface area contributed by atoms with Crippen LogP contribution in [0.15, 0.2) is 24.3 Å². The van der Waals surface area contributed by atoms with Gasteiger partial charge in [-0.15, -0.1) is 0 Å². The lowest BCUT2D eigenvalue weighted by Gasteiger charge is -2.34. The molecule has 0 spiro atoms. The van der Waals surface area contributed by atoms with E-state index in [0.29, 0.717) is 25.6 Å². The zero-order chi connectivity index (χ0) is 20.1. The highest BCUT2D eigenvalue weighted by Gasteiger charge is 2.30. The van der Waals surface area contributed by atoms with E-state index in [1.165, 1.54) is 5.56 Å². The maximum Gasteiger partial charge on any atom is 0.319 e. The first-order valence-corrected chi connectivity index (χ1v) is 10.6. The fourth-order valence-corrected chi connectivity index (χ4v) is 4.04. The Kier molecular flexibility index (Phi) is 6.94. The summed E-state index contributed by atoms with van der Waals surface area (Å²) in [6, 6.07) is 8.25. The van der Waals surface area contributed by atoms with Crippen molar-refractivity contribution in [1.29, 1.82) is 0 Å². The second-order valence-corrected chi connectivity index (χ2v) is 8.41. The molecule has 2 saturated heterocycles. The summed E-state index contributed by atoms with van der Waals surface area (Å²) in [4.78, 5) is 28.8. The van der Waals surface area contributed by atoms with Crippen molar-refractivity contribution in [2.45, 2.75) is 51.5 Å². The molecule has 1 aromatic carbocycles. The van der Waals surface area contributed by atoms with Crippen molar-refractivity contribution in [3.05, 3.63) is 35.4 Å². The average molecular weight is 387 g/mol. The zero-order valence-electron chi connectivity index (χ0n) is 17.2. The molecule has 6 nitrogen and oxygen atoms in total. The summed E-state index contributed by atoms with van der Waals surface area (Å²) < 4.78 is 0. The molecule has 6 heteroatoms. The number of carbonyl (C=O) groups excluding carboxylic acids is 2. The quantitative estimate of drug-likeness (QED) is 0.817. The van der Waals surface area contributed by atoms with Crippen LogP contribution in [0.25, 0.3) is 0 Å². The van der Waals surface area contributed by atoms with Gasteiger partial charge >= 0.3 is 6.03 Å². The second-order valence-electron chi connectivity index (χ2n) is 8.41. The van der Waals surface area contributed by atoms with E-state index in [9.17, 15) is 9.59 Å². The molecule has 0 aliphatic carbocycles. The number of rotatable bonds is 5. The van der Waals surface area contributed by atoms with Gasteiger partial charge in [0.05, 0.1) is 0 Å². The minimum Gasteiger partial charge on any atom is -0.354 e. The predicted molar refractivity (Wildman–Crippen MR) is 111 cm³/mol. The Balaban J connectivity index is 1.42. The number of hydrogen-bond donors (Lipinski definition) is 2. The fraction of sp³-hybridized carbons (Fsp3) is 0.636. The highest BCUT2D eigenvalue weighted by molar-refractivity contribution is 5.79. The van der Waals surface area contributed by atoms with Crippen molar-refractivity contribution in [3.8, 4) is 0 Å². The number of urea groups is 1. The van der Waals surface area contributed by atoms with Crippen LogP contribution in [0.3, 0.4) is 0 Å². The molecule has 1 unspecified atom stereocenters. The first-order chi connectivity index (χ1) is 13.5. The Morgan fingerprint density at radius 2 is 1.54 bits per heavy atom. The van der Waals surface area contributed by atoms with Crippen molar-refractivity contribution in [2.75, 3.05) is 32.7 Å². The van der Waals surface area contributed by atoms with Gasteiger partial charge in [-0.2, -0.15) is 0 Å². The predicted octanol–water partition coefficient (Wildman–Crippen LogP) is 2.85. The van der Waals surface area contributed by atoms with Crippen LogP contribution in [0.2, 0.25) is 0 Å². The molecule has 3 amide bonds. The minimum atomic E-state index is -0.206. The summed E-state index contributed by atoms with van der Waals surface area (Å²) in [5.41, 5.74) is 8.58. The maximum atomic E-state index is 12.5. The van der Waals surface area contributed by atoms with Crippen molar-refractivity contribution in [3.63, 3.8) is 0 Å². The maximum absolute atomic E-state index is 12.5. The number of benzene rings is 1. The molecule has 3 rings (SSSR count). The molecule has 0 radical (unpaired) electrons. The number of amides is 3. The molecule has 2 heterocycles. The Morgan fingerprint density at radius 1 is 1.00 bits per heavy atom. The zero-order valence-corrected chi connectivity index (χ0v) is 17.2. The Hall–Kier alpha value is -2.08. The molecule has 0 saturated carbocycles. The fourth-order valence-electron chi connectivity index (χ4n) is 4.04. The van der Waals surface area contributed by atoms with Crippen molar-refractivity contribution < 1.29 is 9.59 Å². The smallest absolute Gasteiger partial charge is 0.319 e. The van der Waals surface area contributed by atoms with Gasteiger partial charge in [-0.05, 0) is 42.7 Å². The van der Waals surface area contributed by atoms with Gasteiger partial charge in [0.2, 0.25) is 5.91 Å². The lowest BCUT2D eigenvalue weighted by atomic mass is 9.95. The summed E-state index contributed by atoms with van der Waals surface area (Å²) >= 11 is 0. The van der Waals surface area contributed by atoms with E-state index in [0.717, 1.165) is 44.3 Å². The largest absolute Gasteiger partial charge is 0.354 e. The van der Waals surface area contributed by atoms with Crippen molar-refractivity contribution >= 4 is 11.9 Å². The number of nitrogens with two attached hydrogens (primary N) is 1. The van der Waals surface area contributed by atoms with Gasteiger partial charge in [-0.1, -0.05) is 38.1 Å². The van der Waals surface area contributed by atoms with E-state index >= 15 is 0 Å². The van der Waals surface area contributed by atoms with E-state index < -0.39 is 0 Å². The number of piperidine rings is 1. The molecule has 154 valence electrons. The lowest BCUT2D eigenvalue weighted by molar-refractivity contribution is -0.126. The number of nitrogens with one attached hydrogen (secondary N) is 1. The molecule has 2 aliphatic rings. The van der Waals surface area contributed by atoms with Gasteiger partial charge in [0, 0.05) is 44.7 Å². The third-order valence-corrected chi connectivity index (χ3v) is 6.04. The summed E-state index contributed by atoms with van der Waals surface area (Å²) in [5.74, 6) is 0.522. The van der Waals surface area contributed by atoms with Crippen LogP contribution in [0, 0.1) is 5.92 Å². The van der Waals surface area contributed by atoms with E-state index in [2.05, 4.69) is 43.4 Å². The van der Waals surface area contributed by atoms with Gasteiger partial charge in [-0.3, -0.25) is 4.79 Å². The van der Waals surface area contributed by atoms with Gasteiger partial charge < -0.3 is 20.9 Å². The highest BCUT2D eigenvalue weighted by Crippen LogP contribution is 2.21. The standard InChI is InChI=1S/C22H34N4O2/c1-16(2)17-5-7-18(8-6-17)20(23)15-24-21(27)19-9-13-26(14-10-19)22(28)25-11-3-4-12-25/h5-8,16,19-20H,3-4,9-15,23H2,1-2H3,(H,24,27). The van der Waals surface area contributed by atoms with Crippen LogP contribution < -0.4 is 11.1 Å². The average Bonchev–Trinajstić information content (AvgIpc) is 3.26. The topological polar surface area (TPSA) is 78.7 Å². The van der Waals surface area contributed by atoms with Crippen LogP contribution in [0.5, 0.6) is 0 Å². The molecule has 28 heavy (non-hydrogen) atoms. The first kappa shape index (κ1) is 20.6. The van der Waals surface area contributed by atoms with Gasteiger partial charge in [-0.25, -0.2) is 4.79 Å². The molecule has 1 aromatic rings. The molecular weight excluding hydrogens is 352 g/mol. The van der Waals surface area contributed by atoms with Gasteiger partial charge in [0.25, 0.3) is 0 Å². The second kappa shape index (κ2) is 9.41. The van der Waals surface area contributed by atoms with E-state index in [1.54, 1.807) is 0 Å². The van der Waals surface area contributed by atoms with Crippen molar-refractivity contribution in [2.24, 2.45) is 11.7 Å². The van der Waals surface area contributed by atoms with Crippen LogP contribution in [0.1, 0.15) is 62.6 Å². The molecule has 2 aliphatic heterocycles. The van der Waals surface area contributed by atoms with E-state index in [1.807, 2.05) is 9.80 Å². The highest BCUT2D eigenvalue weighted by atomic mass is 16.2. The van der Waals surface area contributed by atoms with Crippen molar-refractivity contribution in [1.82, 2.24) is 15.1 Å². The van der Waals surface area contributed by atoms with Crippen LogP contribution in [0.4, 0.5) is 4.79 Å². The van der Waals surface area contributed by atoms with Crippen LogP contribution in [-0.2, 0) is 4.79 Å². The number of hydrogen-bond acceptors (Lipinski definition) is 3. The number of carbonyl (C=O) groups is 2. The van der Waals surface area contributed by atoms with E-state index in [4.69, 9.17) is 5.73 Å². The van der Waals surface area contributed by atoms with Gasteiger partial charge in [0.15, 0.2) is 0 Å². The summed E-state index contributed by atoms with van der Waals surface area (Å²) in [5, 5.41) is 3.01. The van der Waals surface area contributed by atoms with Gasteiger partial charge in [0.1, 0.15) is 0 Å². The SMILES string of the molecule is CC(C)c1ccc(C(N)CNC(=O)C2CCN(C(=O)N3CCCC3)CC2)cc1. The van der Waals surface area contributed by atoms with Crippen LogP contribution in [-0.4, -0.2) is 54.5 Å². The molecular formula is C22H34N4O2. The third-order valence-electron chi connectivity index (χ3n) is 6.04. The molecule has 3 N–H and O–H groups in total. The lowest BCUT2D eigenvalue weighted by Crippen LogP contribution is -2.48. The number of nitrogens with zero attached hydrogens (tertiary/aromatic N) is 2. The minimum absolute atomic E-state index is 0.0295. The summed E-state index contributed by atoms with van der Waals surface area (Å²) in [6.07, 6.45) is 3.66. The normalized spacial score (nSPS) is 19.1.